The van der Waals surface area contributed by atoms with Gasteiger partial charge in [0.1, 0.15) is 24.4 Å². The highest BCUT2D eigenvalue weighted by molar-refractivity contribution is 7.80. The van der Waals surface area contributed by atoms with E-state index >= 15 is 0 Å². The number of quaternary nitrogens is 1. The highest BCUT2D eigenvalue weighted by Crippen LogP contribution is 2.27. The largest absolute Gasteiger partial charge is 0.461 e. The first-order valence-corrected chi connectivity index (χ1v) is 9.49. The van der Waals surface area contributed by atoms with Gasteiger partial charge >= 0.3 is 0 Å². The predicted molar refractivity (Wildman–Crippen MR) is 104 cm³/mol. The monoisotopic (exact) mass is 362 g/mol. The number of para-hydroxylation sites is 1. The maximum Gasteiger partial charge on any atom is 0.169 e. The minimum Gasteiger partial charge on any atom is -0.461 e. The SMILES string of the molecule is CCc1oc2ccccc2c1CN(C)C(=S)NCC[NH+]1CCOCC1. The van der Waals surface area contributed by atoms with E-state index in [0.717, 1.165) is 68.8 Å². The standard InChI is InChI=1S/C19H27N3O2S/c1-3-17-16(15-6-4-5-7-18(15)24-17)14-21(2)19(25)20-8-9-22-10-12-23-13-11-22/h4-7H,3,8-14H2,1-2H3,(H,20,25)/p+1. The first kappa shape index (κ1) is 18.2. The van der Waals surface area contributed by atoms with E-state index in [-0.39, 0.29) is 0 Å². The molecule has 3 rings (SSSR count). The zero-order valence-electron chi connectivity index (χ0n) is 15.1. The molecule has 2 N–H and O–H groups in total. The molecule has 1 aromatic heterocycles. The van der Waals surface area contributed by atoms with Gasteiger partial charge in [-0.05, 0) is 18.3 Å². The van der Waals surface area contributed by atoms with Crippen LogP contribution in [0, 0.1) is 0 Å². The van der Waals surface area contributed by atoms with Crippen LogP contribution in [-0.4, -0.2) is 56.5 Å². The van der Waals surface area contributed by atoms with Crippen molar-refractivity contribution in [3.63, 3.8) is 0 Å². The normalized spacial score (nSPS) is 15.4. The van der Waals surface area contributed by atoms with Gasteiger partial charge in [-0.1, -0.05) is 25.1 Å². The van der Waals surface area contributed by atoms with E-state index in [1.807, 2.05) is 19.2 Å². The molecule has 2 aromatic rings. The number of ether oxygens (including phenoxy) is 1. The number of morpholine rings is 1. The van der Waals surface area contributed by atoms with Crippen LogP contribution in [0.25, 0.3) is 11.0 Å². The number of hydrogen-bond donors (Lipinski definition) is 2. The molecule has 0 bridgehead atoms. The molecule has 1 aliphatic rings. The zero-order valence-corrected chi connectivity index (χ0v) is 16.0. The number of thiocarbonyl (C=S) groups is 1. The first-order valence-electron chi connectivity index (χ1n) is 9.08. The summed E-state index contributed by atoms with van der Waals surface area (Å²) in [6, 6.07) is 8.22. The third-order valence-corrected chi connectivity index (χ3v) is 5.26. The Balaban J connectivity index is 1.56. The summed E-state index contributed by atoms with van der Waals surface area (Å²) >= 11 is 5.57. The van der Waals surface area contributed by atoms with Crippen molar-refractivity contribution in [3.05, 3.63) is 35.6 Å². The lowest BCUT2D eigenvalue weighted by Crippen LogP contribution is -3.14. The molecule has 0 aliphatic carbocycles. The summed E-state index contributed by atoms with van der Waals surface area (Å²) in [5.74, 6) is 1.05. The Bertz CT molecular complexity index is 710. The molecule has 0 saturated carbocycles. The van der Waals surface area contributed by atoms with Gasteiger partial charge in [0.15, 0.2) is 5.11 Å². The molecule has 25 heavy (non-hydrogen) atoms. The van der Waals surface area contributed by atoms with Crippen molar-refractivity contribution in [2.75, 3.05) is 46.4 Å². The van der Waals surface area contributed by atoms with Gasteiger partial charge in [0.25, 0.3) is 0 Å². The molecule has 2 heterocycles. The Morgan fingerprint density at radius 2 is 2.04 bits per heavy atom. The van der Waals surface area contributed by atoms with Crippen LogP contribution in [0.15, 0.2) is 28.7 Å². The second kappa shape index (κ2) is 8.65. The highest BCUT2D eigenvalue weighted by atomic mass is 32.1. The van der Waals surface area contributed by atoms with Gasteiger partial charge < -0.3 is 24.3 Å². The molecule has 0 spiro atoms. The van der Waals surface area contributed by atoms with Gasteiger partial charge in [-0.25, -0.2) is 0 Å². The summed E-state index contributed by atoms with van der Waals surface area (Å²) in [5, 5.41) is 5.37. The number of nitrogens with zero attached hydrogens (tertiary/aromatic N) is 1. The van der Waals surface area contributed by atoms with Crippen LogP contribution in [0.2, 0.25) is 0 Å². The average Bonchev–Trinajstić information content (AvgIpc) is 3.00. The van der Waals surface area contributed by atoms with E-state index < -0.39 is 0 Å². The van der Waals surface area contributed by atoms with Gasteiger partial charge in [-0.3, -0.25) is 0 Å². The van der Waals surface area contributed by atoms with Gasteiger partial charge in [0.05, 0.1) is 26.3 Å². The van der Waals surface area contributed by atoms with Gasteiger partial charge in [0.2, 0.25) is 0 Å². The summed E-state index contributed by atoms with van der Waals surface area (Å²) in [6.07, 6.45) is 0.887. The lowest BCUT2D eigenvalue weighted by Gasteiger charge is -2.25. The Morgan fingerprint density at radius 1 is 1.28 bits per heavy atom. The molecule has 5 nitrogen and oxygen atoms in total. The Hall–Kier alpha value is -1.63. The molecule has 136 valence electrons. The molecule has 0 radical (unpaired) electrons. The summed E-state index contributed by atoms with van der Waals surface area (Å²) < 4.78 is 11.4. The Kier molecular flexibility index (Phi) is 6.29. The quantitative estimate of drug-likeness (QED) is 0.757. The molecular formula is C19H28N3O2S+. The van der Waals surface area contributed by atoms with Crippen molar-refractivity contribution < 1.29 is 14.1 Å². The minimum atomic E-state index is 0.760. The fourth-order valence-electron chi connectivity index (χ4n) is 3.31. The molecule has 1 aliphatic heterocycles. The molecule has 6 heteroatoms. The van der Waals surface area contributed by atoms with E-state index in [1.165, 1.54) is 10.9 Å². The van der Waals surface area contributed by atoms with Crippen LogP contribution >= 0.6 is 12.2 Å². The second-order valence-corrected chi connectivity index (χ2v) is 6.94. The van der Waals surface area contributed by atoms with E-state index in [0.29, 0.717) is 0 Å². The summed E-state index contributed by atoms with van der Waals surface area (Å²) in [5.41, 5.74) is 2.20. The lowest BCUT2D eigenvalue weighted by atomic mass is 10.1. The molecule has 1 saturated heterocycles. The van der Waals surface area contributed by atoms with Crippen LogP contribution in [-0.2, 0) is 17.7 Å². The number of hydrogen-bond acceptors (Lipinski definition) is 3. The number of rotatable bonds is 6. The molecule has 0 unspecified atom stereocenters. The Labute approximate surface area is 154 Å². The minimum absolute atomic E-state index is 0.760. The number of fused-ring (bicyclic) bond motifs is 1. The fourth-order valence-corrected chi connectivity index (χ4v) is 3.48. The third-order valence-electron chi connectivity index (χ3n) is 4.80. The zero-order chi connectivity index (χ0) is 17.6. The van der Waals surface area contributed by atoms with Crippen LogP contribution in [0.4, 0.5) is 0 Å². The van der Waals surface area contributed by atoms with Crippen molar-refractivity contribution >= 4 is 28.3 Å². The number of aryl methyl sites for hydroxylation is 1. The number of furan rings is 1. The Morgan fingerprint density at radius 3 is 2.80 bits per heavy atom. The van der Waals surface area contributed by atoms with Gasteiger partial charge in [-0.15, -0.1) is 0 Å². The maximum absolute atomic E-state index is 5.98. The smallest absolute Gasteiger partial charge is 0.169 e. The van der Waals surface area contributed by atoms with Crippen LogP contribution in [0.1, 0.15) is 18.2 Å². The van der Waals surface area contributed by atoms with E-state index in [2.05, 4.69) is 29.3 Å². The van der Waals surface area contributed by atoms with Crippen molar-refractivity contribution in [1.29, 1.82) is 0 Å². The summed E-state index contributed by atoms with van der Waals surface area (Å²) in [6.45, 7) is 8.77. The van der Waals surface area contributed by atoms with Crippen molar-refractivity contribution in [1.82, 2.24) is 10.2 Å². The van der Waals surface area contributed by atoms with Gasteiger partial charge in [-0.2, -0.15) is 0 Å². The fraction of sp³-hybridized carbons (Fsp3) is 0.526. The van der Waals surface area contributed by atoms with E-state index in [4.69, 9.17) is 21.4 Å². The van der Waals surface area contributed by atoms with Crippen LogP contribution < -0.4 is 10.2 Å². The maximum atomic E-state index is 5.98. The van der Waals surface area contributed by atoms with E-state index in [9.17, 15) is 0 Å². The van der Waals surface area contributed by atoms with Crippen LogP contribution in [0.3, 0.4) is 0 Å². The second-order valence-electron chi connectivity index (χ2n) is 6.55. The lowest BCUT2D eigenvalue weighted by molar-refractivity contribution is -0.906. The summed E-state index contributed by atoms with van der Waals surface area (Å²) in [7, 11) is 2.04. The van der Waals surface area contributed by atoms with Gasteiger partial charge in [0, 0.05) is 31.0 Å². The molecule has 0 atom stereocenters. The molecule has 1 fully saturated rings. The third kappa shape index (κ3) is 4.51. The number of nitrogens with one attached hydrogen (secondary N) is 2. The van der Waals surface area contributed by atoms with Crippen LogP contribution in [0.5, 0.6) is 0 Å². The first-order chi connectivity index (χ1) is 12.2. The topological polar surface area (TPSA) is 42.1 Å². The average molecular weight is 363 g/mol. The van der Waals surface area contributed by atoms with E-state index in [1.54, 1.807) is 4.90 Å². The number of benzene rings is 1. The predicted octanol–water partition coefficient (Wildman–Crippen LogP) is 1.22. The van der Waals surface area contributed by atoms with Crippen molar-refractivity contribution in [2.24, 2.45) is 0 Å². The molecule has 0 amide bonds. The summed E-state index contributed by atoms with van der Waals surface area (Å²) in [4.78, 5) is 3.68. The van der Waals surface area contributed by atoms with Crippen molar-refractivity contribution in [2.45, 2.75) is 19.9 Å². The van der Waals surface area contributed by atoms with Crippen molar-refractivity contribution in [3.8, 4) is 0 Å². The molecule has 1 aromatic carbocycles. The highest BCUT2D eigenvalue weighted by Gasteiger charge is 2.16. The molecular weight excluding hydrogens is 334 g/mol.